The van der Waals surface area contributed by atoms with E-state index in [-0.39, 0.29) is 17.5 Å². The summed E-state index contributed by atoms with van der Waals surface area (Å²) in [4.78, 5) is 27.4. The fraction of sp³-hybridized carbons (Fsp3) is 0.429. The second kappa shape index (κ2) is 8.61. The Kier molecular flexibility index (Phi) is 5.94. The number of carboxylic acid groups (broad SMARTS) is 1. The van der Waals surface area contributed by atoms with Gasteiger partial charge >= 0.3 is 11.9 Å². The Bertz CT molecular complexity index is 894. The summed E-state index contributed by atoms with van der Waals surface area (Å²) in [5.41, 5.74) is 0.492. The van der Waals surface area contributed by atoms with Crippen molar-refractivity contribution in [3.63, 3.8) is 0 Å². The smallest absolute Gasteiger partial charge is 0.345 e. The second-order valence-electron chi connectivity index (χ2n) is 7.55. The van der Waals surface area contributed by atoms with Crippen molar-refractivity contribution in [3.05, 3.63) is 57.5 Å². The van der Waals surface area contributed by atoms with E-state index in [0.717, 1.165) is 48.7 Å². The molecule has 1 unspecified atom stereocenters. The lowest BCUT2D eigenvalue weighted by atomic mass is 9.86. The summed E-state index contributed by atoms with van der Waals surface area (Å²) in [6.07, 6.45) is 1.93. The number of benzene rings is 1. The standard InChI is InChI=1S/C21H23FN2O4S/c22-15-3-1-2-14(10-15)19(23-11-16-4-5-18(29-16)20(25)26)21(27)28-17-12-24-8-6-13(17)7-9-24/h1-5,10,13,17,19,23H,6-9,11-12H2,(H,25,26)/t17-,19?/m0/s1. The molecular formula is C21H23FN2O4S. The summed E-state index contributed by atoms with van der Waals surface area (Å²) in [6.45, 7) is 3.14. The van der Waals surface area contributed by atoms with Gasteiger partial charge < -0.3 is 9.84 Å². The highest BCUT2D eigenvalue weighted by molar-refractivity contribution is 7.13. The monoisotopic (exact) mass is 418 g/mol. The SMILES string of the molecule is O=C(O)c1ccc(CNC(C(=O)O[C@H]2CN3CCC2CC3)c2cccc(F)c2)s1. The molecule has 2 atom stereocenters. The van der Waals surface area contributed by atoms with E-state index in [1.807, 2.05) is 0 Å². The van der Waals surface area contributed by atoms with Crippen LogP contribution in [0.1, 0.15) is 39.0 Å². The summed E-state index contributed by atoms with van der Waals surface area (Å²) < 4.78 is 19.6. The van der Waals surface area contributed by atoms with Crippen LogP contribution in [0.15, 0.2) is 36.4 Å². The molecule has 3 saturated heterocycles. The quantitative estimate of drug-likeness (QED) is 0.673. The van der Waals surface area contributed by atoms with Gasteiger partial charge in [-0.3, -0.25) is 10.2 Å². The highest BCUT2D eigenvalue weighted by Crippen LogP contribution is 2.31. The van der Waals surface area contributed by atoms with Crippen LogP contribution < -0.4 is 5.32 Å². The molecule has 29 heavy (non-hydrogen) atoms. The first-order chi connectivity index (χ1) is 14.0. The molecule has 3 aliphatic rings. The lowest BCUT2D eigenvalue weighted by Gasteiger charge is -2.44. The maximum Gasteiger partial charge on any atom is 0.345 e. The average molecular weight is 418 g/mol. The third-order valence-corrected chi connectivity index (χ3v) is 6.71. The Balaban J connectivity index is 1.48. The number of ether oxygens (including phenoxy) is 1. The van der Waals surface area contributed by atoms with Crippen LogP contribution in [0.5, 0.6) is 0 Å². The van der Waals surface area contributed by atoms with Gasteiger partial charge in [-0.25, -0.2) is 14.0 Å². The number of piperidine rings is 3. The zero-order valence-corrected chi connectivity index (χ0v) is 16.7. The normalized spacial score (nSPS) is 24.2. The van der Waals surface area contributed by atoms with Gasteiger partial charge in [0.1, 0.15) is 22.8 Å². The molecule has 0 aliphatic carbocycles. The van der Waals surface area contributed by atoms with Crippen molar-refractivity contribution in [2.75, 3.05) is 19.6 Å². The van der Waals surface area contributed by atoms with Crippen LogP contribution in [0.25, 0.3) is 0 Å². The van der Waals surface area contributed by atoms with E-state index in [0.29, 0.717) is 11.5 Å². The molecule has 6 nitrogen and oxygen atoms in total. The topological polar surface area (TPSA) is 78.9 Å². The van der Waals surface area contributed by atoms with E-state index >= 15 is 0 Å². The molecule has 8 heteroatoms. The van der Waals surface area contributed by atoms with E-state index in [1.165, 1.54) is 18.2 Å². The molecule has 2 bridgehead atoms. The number of thiophene rings is 1. The number of hydrogen-bond acceptors (Lipinski definition) is 6. The van der Waals surface area contributed by atoms with Crippen LogP contribution in [0.2, 0.25) is 0 Å². The maximum atomic E-state index is 13.8. The van der Waals surface area contributed by atoms with Gasteiger partial charge in [-0.15, -0.1) is 11.3 Å². The largest absolute Gasteiger partial charge is 0.477 e. The first kappa shape index (κ1) is 20.0. The summed E-state index contributed by atoms with van der Waals surface area (Å²) in [6, 6.07) is 8.33. The highest BCUT2D eigenvalue weighted by atomic mass is 32.1. The zero-order chi connectivity index (χ0) is 20.4. The molecule has 3 aliphatic heterocycles. The predicted octanol–water partition coefficient (Wildman–Crippen LogP) is 3.05. The Morgan fingerprint density at radius 1 is 1.28 bits per heavy atom. The third-order valence-electron chi connectivity index (χ3n) is 5.63. The molecule has 0 spiro atoms. The van der Waals surface area contributed by atoms with Crippen LogP contribution in [-0.4, -0.2) is 47.7 Å². The number of rotatable bonds is 7. The average Bonchev–Trinajstić information content (AvgIpc) is 3.18. The van der Waals surface area contributed by atoms with Crippen molar-refractivity contribution in [1.82, 2.24) is 10.2 Å². The molecule has 2 aromatic rings. The number of carboxylic acids is 1. The van der Waals surface area contributed by atoms with E-state index in [9.17, 15) is 14.0 Å². The second-order valence-corrected chi connectivity index (χ2v) is 8.72. The molecule has 5 rings (SSSR count). The number of aromatic carboxylic acids is 1. The first-order valence-electron chi connectivity index (χ1n) is 9.73. The summed E-state index contributed by atoms with van der Waals surface area (Å²) in [5, 5.41) is 12.2. The van der Waals surface area contributed by atoms with Crippen molar-refractivity contribution in [1.29, 1.82) is 0 Å². The number of halogens is 1. The van der Waals surface area contributed by atoms with Gasteiger partial charge in [0, 0.05) is 18.0 Å². The van der Waals surface area contributed by atoms with Gasteiger partial charge in [0.25, 0.3) is 0 Å². The molecule has 2 N–H and O–H groups in total. The van der Waals surface area contributed by atoms with Gasteiger partial charge in [0.15, 0.2) is 0 Å². The number of nitrogens with one attached hydrogen (secondary N) is 1. The predicted molar refractivity (Wildman–Crippen MR) is 106 cm³/mol. The van der Waals surface area contributed by atoms with Crippen molar-refractivity contribution in [3.8, 4) is 0 Å². The number of esters is 1. The van der Waals surface area contributed by atoms with Gasteiger partial charge in [0.05, 0.1) is 0 Å². The van der Waals surface area contributed by atoms with Crippen LogP contribution in [0.3, 0.4) is 0 Å². The zero-order valence-electron chi connectivity index (χ0n) is 15.8. The van der Waals surface area contributed by atoms with Crippen molar-refractivity contribution in [2.45, 2.75) is 31.5 Å². The van der Waals surface area contributed by atoms with Crippen molar-refractivity contribution >= 4 is 23.3 Å². The summed E-state index contributed by atoms with van der Waals surface area (Å²) >= 11 is 1.14. The molecule has 0 saturated carbocycles. The number of carbonyl (C=O) groups is 2. The molecule has 154 valence electrons. The van der Waals surface area contributed by atoms with Crippen molar-refractivity contribution in [2.24, 2.45) is 5.92 Å². The highest BCUT2D eigenvalue weighted by Gasteiger charge is 2.37. The van der Waals surface area contributed by atoms with E-state index in [1.54, 1.807) is 18.2 Å². The third kappa shape index (κ3) is 4.66. The number of fused-ring (bicyclic) bond motifs is 3. The molecule has 3 fully saturated rings. The van der Waals surface area contributed by atoms with E-state index < -0.39 is 23.8 Å². The van der Waals surface area contributed by atoms with Crippen molar-refractivity contribution < 1.29 is 23.8 Å². The molecule has 0 radical (unpaired) electrons. The number of nitrogens with zero attached hydrogens (tertiary/aromatic N) is 1. The van der Waals surface area contributed by atoms with Gasteiger partial charge in [0.2, 0.25) is 0 Å². The molecule has 4 heterocycles. The van der Waals surface area contributed by atoms with E-state index in [4.69, 9.17) is 9.84 Å². The van der Waals surface area contributed by atoms with E-state index in [2.05, 4.69) is 10.2 Å². The lowest BCUT2D eigenvalue weighted by Crippen LogP contribution is -2.52. The maximum absolute atomic E-state index is 13.8. The van der Waals surface area contributed by atoms with Gasteiger partial charge in [-0.1, -0.05) is 12.1 Å². The Morgan fingerprint density at radius 2 is 2.07 bits per heavy atom. The Labute approximate surface area is 172 Å². The minimum absolute atomic E-state index is 0.136. The summed E-state index contributed by atoms with van der Waals surface area (Å²) in [7, 11) is 0. The van der Waals surface area contributed by atoms with Crippen LogP contribution >= 0.6 is 11.3 Å². The number of hydrogen-bond donors (Lipinski definition) is 2. The molecule has 0 amide bonds. The first-order valence-corrected chi connectivity index (χ1v) is 10.5. The fourth-order valence-corrected chi connectivity index (χ4v) is 4.87. The van der Waals surface area contributed by atoms with Crippen LogP contribution in [0.4, 0.5) is 4.39 Å². The number of carbonyl (C=O) groups excluding carboxylic acids is 1. The lowest BCUT2D eigenvalue weighted by molar-refractivity contribution is -0.161. The van der Waals surface area contributed by atoms with Crippen LogP contribution in [0, 0.1) is 11.7 Å². The minimum Gasteiger partial charge on any atom is -0.477 e. The van der Waals surface area contributed by atoms with Gasteiger partial charge in [-0.05, 0) is 61.7 Å². The fourth-order valence-electron chi connectivity index (χ4n) is 4.08. The van der Waals surface area contributed by atoms with Crippen LogP contribution in [-0.2, 0) is 16.1 Å². The Hall–Kier alpha value is -2.29. The van der Waals surface area contributed by atoms with Gasteiger partial charge in [-0.2, -0.15) is 0 Å². The summed E-state index contributed by atoms with van der Waals surface area (Å²) in [5.74, 6) is -1.45. The minimum atomic E-state index is -0.982. The Morgan fingerprint density at radius 3 is 2.69 bits per heavy atom. The molecular weight excluding hydrogens is 395 g/mol. The molecule has 1 aromatic heterocycles. The molecule has 1 aromatic carbocycles.